The van der Waals surface area contributed by atoms with Gasteiger partial charge in [0.15, 0.2) is 5.96 Å². The highest BCUT2D eigenvalue weighted by Crippen LogP contribution is 2.47. The van der Waals surface area contributed by atoms with Crippen molar-refractivity contribution < 1.29 is 14.3 Å². The molecule has 0 radical (unpaired) electrons. The van der Waals surface area contributed by atoms with Gasteiger partial charge in [0.1, 0.15) is 5.75 Å². The lowest BCUT2D eigenvalue weighted by atomic mass is 9.80. The molecule has 1 unspecified atom stereocenters. The number of benzene rings is 3. The molecule has 1 fully saturated rings. The van der Waals surface area contributed by atoms with E-state index in [0.29, 0.717) is 30.9 Å². The molecule has 3 aromatic carbocycles. The molecule has 7 nitrogen and oxygen atoms in total. The van der Waals surface area contributed by atoms with Gasteiger partial charge in [0.05, 0.1) is 30.7 Å². The zero-order valence-corrected chi connectivity index (χ0v) is 23.6. The minimum atomic E-state index is -0.626. The lowest BCUT2D eigenvalue weighted by molar-refractivity contribution is -0.132. The van der Waals surface area contributed by atoms with E-state index in [1.807, 2.05) is 66.7 Å². The summed E-state index contributed by atoms with van der Waals surface area (Å²) < 4.78 is 5.76. The summed E-state index contributed by atoms with van der Waals surface area (Å²) in [6, 6.07) is 25.1. The molecule has 3 N–H and O–H groups in total. The van der Waals surface area contributed by atoms with E-state index in [1.165, 1.54) is 12.8 Å². The number of hydrogen-bond donors (Lipinski definition) is 2. The van der Waals surface area contributed by atoms with E-state index >= 15 is 0 Å². The highest BCUT2D eigenvalue weighted by molar-refractivity contribution is 6.00. The Hall–Kier alpha value is -4.13. The molecule has 7 heteroatoms. The first-order valence-electron chi connectivity index (χ1n) is 14.8. The van der Waals surface area contributed by atoms with Crippen molar-refractivity contribution in [3.05, 3.63) is 101 Å². The summed E-state index contributed by atoms with van der Waals surface area (Å²) in [7, 11) is 0. The number of hydrogen-bond acceptors (Lipinski definition) is 5. The molecule has 3 aromatic rings. The normalized spacial score (nSPS) is 22.8. The van der Waals surface area contributed by atoms with E-state index in [1.54, 1.807) is 4.90 Å². The van der Waals surface area contributed by atoms with Crippen LogP contribution in [0, 0.1) is 5.92 Å². The second kappa shape index (κ2) is 11.4. The zero-order chi connectivity index (χ0) is 28.4. The number of carbonyl (C=O) groups is 2. The molecule has 1 saturated carbocycles. The summed E-state index contributed by atoms with van der Waals surface area (Å²) in [5.74, 6) is 1.48. The van der Waals surface area contributed by atoms with E-state index in [-0.39, 0.29) is 36.3 Å². The number of amides is 2. The molecule has 0 spiro atoms. The van der Waals surface area contributed by atoms with E-state index in [9.17, 15) is 9.59 Å². The molecular formula is C34H38N4O3. The Bertz CT molecular complexity index is 1450. The number of guanidine groups is 1. The van der Waals surface area contributed by atoms with Crippen molar-refractivity contribution >= 4 is 17.8 Å². The van der Waals surface area contributed by atoms with Crippen molar-refractivity contribution in [2.24, 2.45) is 16.6 Å². The molecule has 41 heavy (non-hydrogen) atoms. The Morgan fingerprint density at radius 3 is 2.61 bits per heavy atom. The molecule has 0 saturated heterocycles. The fraction of sp³-hybridized carbons (Fsp3) is 0.382. The fourth-order valence-corrected chi connectivity index (χ4v) is 6.40. The van der Waals surface area contributed by atoms with Gasteiger partial charge in [-0.1, -0.05) is 86.8 Å². The van der Waals surface area contributed by atoms with Gasteiger partial charge in [-0.2, -0.15) is 0 Å². The lowest BCUT2D eigenvalue weighted by Gasteiger charge is -2.41. The quantitative estimate of drug-likeness (QED) is 0.340. The highest BCUT2D eigenvalue weighted by Gasteiger charge is 2.46. The molecule has 1 aliphatic carbocycles. The third-order valence-corrected chi connectivity index (χ3v) is 8.59. The van der Waals surface area contributed by atoms with Crippen LogP contribution in [0.5, 0.6) is 5.75 Å². The molecule has 212 valence electrons. The Kier molecular flexibility index (Phi) is 7.52. The van der Waals surface area contributed by atoms with Crippen LogP contribution in [0.1, 0.15) is 91.0 Å². The van der Waals surface area contributed by atoms with Gasteiger partial charge in [0.25, 0.3) is 5.91 Å². The first kappa shape index (κ1) is 27.1. The number of rotatable bonds is 9. The van der Waals surface area contributed by atoms with Gasteiger partial charge in [-0.15, -0.1) is 0 Å². The van der Waals surface area contributed by atoms with E-state index in [2.05, 4.69) is 24.4 Å². The van der Waals surface area contributed by atoms with Gasteiger partial charge in [-0.3, -0.25) is 14.5 Å². The van der Waals surface area contributed by atoms with Crippen LogP contribution in [0.25, 0.3) is 0 Å². The van der Waals surface area contributed by atoms with E-state index in [4.69, 9.17) is 15.5 Å². The van der Waals surface area contributed by atoms with Gasteiger partial charge in [0, 0.05) is 17.5 Å². The maximum absolute atomic E-state index is 14.0. The predicted octanol–water partition coefficient (Wildman–Crippen LogP) is 6.02. The smallest absolute Gasteiger partial charge is 0.251 e. The van der Waals surface area contributed by atoms with Crippen molar-refractivity contribution in [1.29, 1.82) is 0 Å². The summed E-state index contributed by atoms with van der Waals surface area (Å²) in [4.78, 5) is 34.1. The number of aliphatic imine (C=N–C) groups is 1. The molecule has 0 bridgehead atoms. The van der Waals surface area contributed by atoms with Gasteiger partial charge in [-0.25, -0.2) is 4.99 Å². The number of para-hydroxylation sites is 1. The monoisotopic (exact) mass is 550 g/mol. The molecule has 2 aliphatic heterocycles. The molecule has 3 aliphatic rings. The van der Waals surface area contributed by atoms with Crippen LogP contribution < -0.4 is 15.8 Å². The summed E-state index contributed by atoms with van der Waals surface area (Å²) in [6.07, 6.45) is 5.74. The van der Waals surface area contributed by atoms with Crippen molar-refractivity contribution in [1.82, 2.24) is 10.2 Å². The number of ether oxygens (including phenoxy) is 1. The van der Waals surface area contributed by atoms with Crippen LogP contribution in [0.2, 0.25) is 0 Å². The average molecular weight is 551 g/mol. The maximum atomic E-state index is 14.0. The van der Waals surface area contributed by atoms with Crippen molar-refractivity contribution in [3.63, 3.8) is 0 Å². The minimum Gasteiger partial charge on any atom is -0.493 e. The Balaban J connectivity index is 1.28. The first-order chi connectivity index (χ1) is 20.0. The van der Waals surface area contributed by atoms with Gasteiger partial charge < -0.3 is 15.8 Å². The fourth-order valence-electron chi connectivity index (χ4n) is 6.40. The molecule has 6 rings (SSSR count). The number of carbonyl (C=O) groups excluding carboxylic acids is 2. The second-order valence-electron chi connectivity index (χ2n) is 11.6. The Morgan fingerprint density at radius 1 is 1.07 bits per heavy atom. The molecule has 2 amide bonds. The first-order valence-corrected chi connectivity index (χ1v) is 14.8. The minimum absolute atomic E-state index is 0.0193. The number of fused-ring (bicyclic) bond motifs is 1. The highest BCUT2D eigenvalue weighted by atomic mass is 16.5. The van der Waals surface area contributed by atoms with Gasteiger partial charge >= 0.3 is 0 Å². The lowest BCUT2D eigenvalue weighted by Crippen LogP contribution is -2.52. The van der Waals surface area contributed by atoms with E-state index in [0.717, 1.165) is 35.3 Å². The SMILES string of the molecule is CCCC(c1cccc(C(=O)N[C@H]2CCOc3ccccc32)c1)N1C(=O)C[C@](CC2CC2)(c2ccccc2)N=C1N. The van der Waals surface area contributed by atoms with Crippen LogP contribution in [0.4, 0.5) is 0 Å². The number of nitrogens with zero attached hydrogens (tertiary/aromatic N) is 2. The summed E-state index contributed by atoms with van der Waals surface area (Å²) in [5, 5.41) is 3.19. The third kappa shape index (κ3) is 5.58. The number of nitrogens with one attached hydrogen (secondary N) is 1. The molecule has 0 aromatic heterocycles. The van der Waals surface area contributed by atoms with Crippen LogP contribution in [0.3, 0.4) is 0 Å². The van der Waals surface area contributed by atoms with Crippen molar-refractivity contribution in [2.75, 3.05) is 6.61 Å². The standard InChI is InChI=1S/C34H38N4O3/c1-2-9-29(38-31(39)22-34(37-33(38)35,21-23-16-17-23)26-12-4-3-5-13-26)24-10-8-11-25(20-24)32(40)36-28-18-19-41-30-15-7-6-14-27(28)30/h3-8,10-15,20,23,28-29H,2,9,16-19,21-22H2,1H3,(H2,35,37)(H,36,40)/t28-,29?,34+/m0/s1. The van der Waals surface area contributed by atoms with Crippen LogP contribution in [-0.4, -0.2) is 29.3 Å². The zero-order valence-electron chi connectivity index (χ0n) is 23.6. The number of nitrogens with two attached hydrogens (primary N) is 1. The second-order valence-corrected chi connectivity index (χ2v) is 11.6. The predicted molar refractivity (Wildman–Crippen MR) is 159 cm³/mol. The van der Waals surface area contributed by atoms with E-state index < -0.39 is 5.54 Å². The topological polar surface area (TPSA) is 97.0 Å². The summed E-state index contributed by atoms with van der Waals surface area (Å²) in [6.45, 7) is 2.65. The van der Waals surface area contributed by atoms with Crippen LogP contribution in [0.15, 0.2) is 83.9 Å². The van der Waals surface area contributed by atoms with Gasteiger partial charge in [-0.05, 0) is 48.1 Å². The van der Waals surface area contributed by atoms with Crippen LogP contribution >= 0.6 is 0 Å². The van der Waals surface area contributed by atoms with Crippen molar-refractivity contribution in [3.8, 4) is 5.75 Å². The molecule has 3 atom stereocenters. The average Bonchev–Trinajstić information content (AvgIpc) is 3.81. The molecule has 2 heterocycles. The summed E-state index contributed by atoms with van der Waals surface area (Å²) >= 11 is 0. The largest absolute Gasteiger partial charge is 0.493 e. The maximum Gasteiger partial charge on any atom is 0.251 e. The molecular weight excluding hydrogens is 512 g/mol. The van der Waals surface area contributed by atoms with Gasteiger partial charge in [0.2, 0.25) is 5.91 Å². The summed E-state index contributed by atoms with van der Waals surface area (Å²) in [5.41, 5.74) is 9.52. The Morgan fingerprint density at radius 2 is 1.85 bits per heavy atom. The van der Waals surface area contributed by atoms with Crippen molar-refractivity contribution in [2.45, 2.75) is 69.5 Å². The van der Waals surface area contributed by atoms with Crippen LogP contribution in [-0.2, 0) is 10.3 Å². The Labute approximate surface area is 241 Å². The third-order valence-electron chi connectivity index (χ3n) is 8.59.